The fourth-order valence-corrected chi connectivity index (χ4v) is 3.25. The van der Waals surface area contributed by atoms with E-state index in [2.05, 4.69) is 16.6 Å². The Morgan fingerprint density at radius 1 is 1.44 bits per heavy atom. The van der Waals surface area contributed by atoms with Gasteiger partial charge >= 0.3 is 0 Å². The number of hydrogen-bond acceptors (Lipinski definition) is 3. The second kappa shape index (κ2) is 6.13. The molecule has 2 rings (SSSR count). The lowest BCUT2D eigenvalue weighted by Crippen LogP contribution is -2.33. The van der Waals surface area contributed by atoms with E-state index in [1.165, 1.54) is 0 Å². The summed E-state index contributed by atoms with van der Waals surface area (Å²) in [7, 11) is 0. The van der Waals surface area contributed by atoms with Crippen molar-refractivity contribution in [3.05, 3.63) is 28.0 Å². The van der Waals surface area contributed by atoms with Gasteiger partial charge in [-0.2, -0.15) is 11.8 Å². The SMILES string of the molecule is CSC1CCC(NC(=O)c2nc(Cl)ccc2Cl)C1. The van der Waals surface area contributed by atoms with Gasteiger partial charge in [-0.25, -0.2) is 4.98 Å². The van der Waals surface area contributed by atoms with Gasteiger partial charge in [0.05, 0.1) is 5.02 Å². The zero-order valence-electron chi connectivity index (χ0n) is 9.95. The lowest BCUT2D eigenvalue weighted by atomic mass is 10.2. The molecule has 1 amide bonds. The van der Waals surface area contributed by atoms with Crippen LogP contribution in [0.4, 0.5) is 0 Å². The molecule has 0 spiro atoms. The molecule has 1 aliphatic rings. The number of rotatable bonds is 3. The first kappa shape index (κ1) is 14.0. The number of aromatic nitrogens is 1. The third kappa shape index (κ3) is 3.31. The Hall–Kier alpha value is -0.450. The van der Waals surface area contributed by atoms with E-state index in [0.29, 0.717) is 10.3 Å². The van der Waals surface area contributed by atoms with Crippen molar-refractivity contribution in [1.82, 2.24) is 10.3 Å². The number of carbonyl (C=O) groups excluding carboxylic acids is 1. The summed E-state index contributed by atoms with van der Waals surface area (Å²) in [6, 6.07) is 3.37. The van der Waals surface area contributed by atoms with Crippen LogP contribution in [0.5, 0.6) is 0 Å². The van der Waals surface area contributed by atoms with Crippen LogP contribution in [0.3, 0.4) is 0 Å². The monoisotopic (exact) mass is 304 g/mol. The molecule has 98 valence electrons. The number of amides is 1. The van der Waals surface area contributed by atoms with Gasteiger partial charge in [-0.05, 0) is 37.7 Å². The van der Waals surface area contributed by atoms with Gasteiger partial charge in [-0.15, -0.1) is 0 Å². The van der Waals surface area contributed by atoms with E-state index in [1.54, 1.807) is 12.1 Å². The molecule has 1 N–H and O–H groups in total. The first-order valence-corrected chi connectivity index (χ1v) is 7.80. The van der Waals surface area contributed by atoms with Gasteiger partial charge in [0.25, 0.3) is 5.91 Å². The number of carbonyl (C=O) groups is 1. The van der Waals surface area contributed by atoms with E-state index < -0.39 is 0 Å². The fourth-order valence-electron chi connectivity index (χ4n) is 2.12. The molecule has 0 radical (unpaired) electrons. The average Bonchev–Trinajstić information content (AvgIpc) is 2.80. The molecule has 1 aromatic heterocycles. The number of nitrogens with one attached hydrogen (secondary N) is 1. The van der Waals surface area contributed by atoms with Crippen molar-refractivity contribution in [2.24, 2.45) is 0 Å². The largest absolute Gasteiger partial charge is 0.348 e. The maximum Gasteiger partial charge on any atom is 0.271 e. The third-order valence-electron chi connectivity index (χ3n) is 3.08. The van der Waals surface area contributed by atoms with Crippen molar-refractivity contribution in [2.75, 3.05) is 6.26 Å². The predicted octanol–water partition coefficient (Wildman–Crippen LogP) is 3.40. The Balaban J connectivity index is 2.02. The molecule has 1 fully saturated rings. The van der Waals surface area contributed by atoms with Crippen LogP contribution in [-0.2, 0) is 0 Å². The summed E-state index contributed by atoms with van der Waals surface area (Å²) in [6.45, 7) is 0. The normalized spacial score (nSPS) is 23.1. The molecule has 0 aliphatic heterocycles. The lowest BCUT2D eigenvalue weighted by Gasteiger charge is -2.13. The highest BCUT2D eigenvalue weighted by Gasteiger charge is 2.26. The molecular formula is C12H14Cl2N2OS. The summed E-state index contributed by atoms with van der Waals surface area (Å²) in [6.07, 6.45) is 5.26. The van der Waals surface area contributed by atoms with Crippen molar-refractivity contribution in [2.45, 2.75) is 30.6 Å². The number of pyridine rings is 1. The first-order valence-electron chi connectivity index (χ1n) is 5.76. The summed E-state index contributed by atoms with van der Waals surface area (Å²) >= 11 is 13.6. The van der Waals surface area contributed by atoms with Crippen LogP contribution in [0, 0.1) is 0 Å². The number of nitrogens with zero attached hydrogens (tertiary/aromatic N) is 1. The molecule has 1 aliphatic carbocycles. The van der Waals surface area contributed by atoms with Crippen molar-refractivity contribution >= 4 is 40.9 Å². The zero-order valence-corrected chi connectivity index (χ0v) is 12.3. The topological polar surface area (TPSA) is 42.0 Å². The molecule has 6 heteroatoms. The standard InChI is InChI=1S/C12H14Cl2N2OS/c1-18-8-3-2-7(6-8)15-12(17)11-9(13)4-5-10(14)16-11/h4-5,7-8H,2-3,6H2,1H3,(H,15,17). The Morgan fingerprint density at radius 3 is 2.89 bits per heavy atom. The summed E-state index contributed by atoms with van der Waals surface area (Å²) in [5.74, 6) is -0.241. The summed E-state index contributed by atoms with van der Waals surface area (Å²) in [5, 5.41) is 4.21. The lowest BCUT2D eigenvalue weighted by molar-refractivity contribution is 0.0933. The minimum Gasteiger partial charge on any atom is -0.348 e. The van der Waals surface area contributed by atoms with Gasteiger partial charge in [0.1, 0.15) is 10.8 Å². The molecule has 18 heavy (non-hydrogen) atoms. The molecule has 2 atom stereocenters. The highest BCUT2D eigenvalue weighted by molar-refractivity contribution is 7.99. The fraction of sp³-hybridized carbons (Fsp3) is 0.500. The van der Waals surface area contributed by atoms with Gasteiger partial charge in [-0.3, -0.25) is 4.79 Å². The van der Waals surface area contributed by atoms with E-state index >= 15 is 0 Å². The van der Waals surface area contributed by atoms with Crippen LogP contribution in [-0.4, -0.2) is 28.4 Å². The Morgan fingerprint density at radius 2 is 2.22 bits per heavy atom. The molecular weight excluding hydrogens is 291 g/mol. The van der Waals surface area contributed by atoms with Crippen molar-refractivity contribution in [3.8, 4) is 0 Å². The summed E-state index contributed by atoms with van der Waals surface area (Å²) < 4.78 is 0. The molecule has 0 saturated heterocycles. The predicted molar refractivity (Wildman–Crippen MR) is 76.7 cm³/mol. The van der Waals surface area contributed by atoms with Crippen LogP contribution in [0.25, 0.3) is 0 Å². The van der Waals surface area contributed by atoms with Crippen LogP contribution in [0.2, 0.25) is 10.2 Å². The minimum atomic E-state index is -0.241. The van der Waals surface area contributed by atoms with Gasteiger partial charge in [0, 0.05) is 11.3 Å². The molecule has 0 aromatic carbocycles. The van der Waals surface area contributed by atoms with Crippen molar-refractivity contribution in [3.63, 3.8) is 0 Å². The third-order valence-corrected chi connectivity index (χ3v) is 4.69. The van der Waals surface area contributed by atoms with E-state index in [4.69, 9.17) is 23.2 Å². The second-order valence-corrected chi connectivity index (χ2v) is 6.24. The highest BCUT2D eigenvalue weighted by atomic mass is 35.5. The Bertz CT molecular complexity index is 456. The average molecular weight is 305 g/mol. The summed E-state index contributed by atoms with van der Waals surface area (Å²) in [5.41, 5.74) is 0.205. The van der Waals surface area contributed by atoms with E-state index in [9.17, 15) is 4.79 Å². The molecule has 1 heterocycles. The molecule has 1 aromatic rings. The van der Waals surface area contributed by atoms with Crippen LogP contribution in [0.15, 0.2) is 12.1 Å². The van der Waals surface area contributed by atoms with E-state index in [0.717, 1.165) is 19.3 Å². The quantitative estimate of drug-likeness (QED) is 0.870. The van der Waals surface area contributed by atoms with E-state index in [1.807, 2.05) is 11.8 Å². The van der Waals surface area contributed by atoms with Gasteiger partial charge in [0.15, 0.2) is 0 Å². The minimum absolute atomic E-state index is 0.205. The number of halogens is 2. The van der Waals surface area contributed by atoms with E-state index in [-0.39, 0.29) is 22.8 Å². The maximum absolute atomic E-state index is 12.0. The number of thioether (sulfide) groups is 1. The number of hydrogen-bond donors (Lipinski definition) is 1. The van der Waals surface area contributed by atoms with Gasteiger partial charge in [-0.1, -0.05) is 23.2 Å². The van der Waals surface area contributed by atoms with Gasteiger partial charge in [0.2, 0.25) is 0 Å². The molecule has 1 saturated carbocycles. The van der Waals surface area contributed by atoms with Crippen molar-refractivity contribution < 1.29 is 4.79 Å². The van der Waals surface area contributed by atoms with Gasteiger partial charge < -0.3 is 5.32 Å². The molecule has 3 nitrogen and oxygen atoms in total. The molecule has 2 unspecified atom stereocenters. The smallest absolute Gasteiger partial charge is 0.271 e. The highest BCUT2D eigenvalue weighted by Crippen LogP contribution is 2.28. The maximum atomic E-state index is 12.0. The Kier molecular flexibility index (Phi) is 4.76. The zero-order chi connectivity index (χ0) is 13.1. The summed E-state index contributed by atoms with van der Waals surface area (Å²) in [4.78, 5) is 16.0. The second-order valence-electron chi connectivity index (χ2n) is 4.31. The first-order chi connectivity index (χ1) is 8.60. The van der Waals surface area contributed by atoms with Crippen molar-refractivity contribution in [1.29, 1.82) is 0 Å². The Labute approximate surface area is 121 Å². The van der Waals surface area contributed by atoms with Crippen LogP contribution in [0.1, 0.15) is 29.8 Å². The van der Waals surface area contributed by atoms with Crippen LogP contribution < -0.4 is 5.32 Å². The van der Waals surface area contributed by atoms with Crippen LogP contribution >= 0.6 is 35.0 Å². The molecule has 0 bridgehead atoms.